The van der Waals surface area contributed by atoms with E-state index in [4.69, 9.17) is 0 Å². The van der Waals surface area contributed by atoms with E-state index in [-0.39, 0.29) is 12.1 Å². The van der Waals surface area contributed by atoms with E-state index < -0.39 is 0 Å². The Morgan fingerprint density at radius 1 is 1.18 bits per heavy atom. The zero-order valence-corrected chi connectivity index (χ0v) is 13.4. The number of rotatable bonds is 2. The smallest absolute Gasteiger partial charge is 0.322 e. The van der Waals surface area contributed by atoms with Gasteiger partial charge in [0.25, 0.3) is 0 Å². The topological polar surface area (TPSA) is 37.3 Å². The standard InChI is InChI=1S/C18H23N3O/c1-13(2)17-16-9-6-10-20(16)11-12-21(17)18(22)19-15-8-5-4-7-14(15)3/h4-10,13,17H,11-12H2,1-3H3,(H,19,22). The summed E-state index contributed by atoms with van der Waals surface area (Å²) in [6.45, 7) is 7.94. The van der Waals surface area contributed by atoms with Gasteiger partial charge in [-0.15, -0.1) is 0 Å². The minimum Gasteiger partial charge on any atom is -0.348 e. The van der Waals surface area contributed by atoms with Crippen molar-refractivity contribution in [2.45, 2.75) is 33.4 Å². The average molecular weight is 297 g/mol. The molecule has 1 atom stereocenters. The highest BCUT2D eigenvalue weighted by atomic mass is 16.2. The van der Waals surface area contributed by atoms with Crippen LogP contribution in [-0.4, -0.2) is 22.0 Å². The molecular formula is C18H23N3O. The van der Waals surface area contributed by atoms with Crippen molar-refractivity contribution >= 4 is 11.7 Å². The number of urea groups is 1. The van der Waals surface area contributed by atoms with E-state index in [1.165, 1.54) is 5.69 Å². The Labute approximate surface area is 131 Å². The molecule has 0 aliphatic carbocycles. The lowest BCUT2D eigenvalue weighted by atomic mass is 9.97. The van der Waals surface area contributed by atoms with Crippen LogP contribution in [0.4, 0.5) is 10.5 Å². The van der Waals surface area contributed by atoms with Gasteiger partial charge < -0.3 is 14.8 Å². The van der Waals surface area contributed by atoms with Crippen molar-refractivity contribution in [3.8, 4) is 0 Å². The summed E-state index contributed by atoms with van der Waals surface area (Å²) in [7, 11) is 0. The Kier molecular flexibility index (Phi) is 3.92. The second kappa shape index (κ2) is 5.87. The fraction of sp³-hybridized carbons (Fsp3) is 0.389. The number of aromatic nitrogens is 1. The van der Waals surface area contributed by atoms with Gasteiger partial charge in [0.2, 0.25) is 0 Å². The summed E-state index contributed by atoms with van der Waals surface area (Å²) in [4.78, 5) is 14.7. The van der Waals surface area contributed by atoms with Gasteiger partial charge in [-0.1, -0.05) is 32.0 Å². The van der Waals surface area contributed by atoms with Crippen LogP contribution in [0.1, 0.15) is 31.1 Å². The summed E-state index contributed by atoms with van der Waals surface area (Å²) in [5, 5.41) is 3.07. The normalized spacial score (nSPS) is 17.5. The monoisotopic (exact) mass is 297 g/mol. The van der Waals surface area contributed by atoms with Crippen LogP contribution in [-0.2, 0) is 6.54 Å². The number of carbonyl (C=O) groups excluding carboxylic acids is 1. The van der Waals surface area contributed by atoms with Crippen molar-refractivity contribution in [2.75, 3.05) is 11.9 Å². The molecule has 1 aliphatic heterocycles. The lowest BCUT2D eigenvalue weighted by Gasteiger charge is -2.39. The third-order valence-electron chi connectivity index (χ3n) is 4.36. The number of benzene rings is 1. The Hall–Kier alpha value is -2.23. The van der Waals surface area contributed by atoms with E-state index in [1.54, 1.807) is 0 Å². The first kappa shape index (κ1) is 14.7. The summed E-state index contributed by atoms with van der Waals surface area (Å²) >= 11 is 0. The molecule has 0 saturated heterocycles. The van der Waals surface area contributed by atoms with Crippen LogP contribution in [0, 0.1) is 12.8 Å². The second-order valence-corrected chi connectivity index (χ2v) is 6.25. The number of nitrogens with zero attached hydrogens (tertiary/aromatic N) is 2. The number of anilines is 1. The minimum atomic E-state index is -0.0135. The molecular weight excluding hydrogens is 274 g/mol. The minimum absolute atomic E-state index is 0.0135. The van der Waals surface area contributed by atoms with Crippen LogP contribution in [0.3, 0.4) is 0 Å². The zero-order chi connectivity index (χ0) is 15.7. The Bertz CT molecular complexity index is 674. The van der Waals surface area contributed by atoms with Crippen molar-refractivity contribution in [3.63, 3.8) is 0 Å². The van der Waals surface area contributed by atoms with Gasteiger partial charge in [0.05, 0.1) is 6.04 Å². The molecule has 0 radical (unpaired) electrons. The van der Waals surface area contributed by atoms with Crippen LogP contribution >= 0.6 is 0 Å². The fourth-order valence-electron chi connectivity index (χ4n) is 3.24. The van der Waals surface area contributed by atoms with Crippen molar-refractivity contribution in [3.05, 3.63) is 53.9 Å². The summed E-state index contributed by atoms with van der Waals surface area (Å²) < 4.78 is 2.25. The fourth-order valence-corrected chi connectivity index (χ4v) is 3.24. The van der Waals surface area contributed by atoms with Gasteiger partial charge in [-0.25, -0.2) is 4.79 Å². The molecule has 22 heavy (non-hydrogen) atoms. The molecule has 2 heterocycles. The summed E-state index contributed by atoms with van der Waals surface area (Å²) in [6, 6.07) is 12.2. The van der Waals surface area contributed by atoms with Crippen LogP contribution in [0.15, 0.2) is 42.6 Å². The highest BCUT2D eigenvalue weighted by Gasteiger charge is 2.33. The summed E-state index contributed by atoms with van der Waals surface area (Å²) in [6.07, 6.45) is 2.10. The predicted octanol–water partition coefficient (Wildman–Crippen LogP) is 4.04. The van der Waals surface area contributed by atoms with Gasteiger partial charge in [0.15, 0.2) is 0 Å². The second-order valence-electron chi connectivity index (χ2n) is 6.25. The van der Waals surface area contributed by atoms with Crippen molar-refractivity contribution in [1.82, 2.24) is 9.47 Å². The maximum atomic E-state index is 12.8. The van der Waals surface area contributed by atoms with Crippen molar-refractivity contribution in [1.29, 1.82) is 0 Å². The maximum Gasteiger partial charge on any atom is 0.322 e. The van der Waals surface area contributed by atoms with Crippen LogP contribution in [0.25, 0.3) is 0 Å². The molecule has 2 aromatic rings. The third-order valence-corrected chi connectivity index (χ3v) is 4.36. The molecule has 0 bridgehead atoms. The van der Waals surface area contributed by atoms with Gasteiger partial charge >= 0.3 is 6.03 Å². The first-order chi connectivity index (χ1) is 10.6. The number of carbonyl (C=O) groups is 1. The highest BCUT2D eigenvalue weighted by Crippen LogP contribution is 2.32. The largest absolute Gasteiger partial charge is 0.348 e. The summed E-state index contributed by atoms with van der Waals surface area (Å²) in [5.41, 5.74) is 3.19. The number of hydrogen-bond acceptors (Lipinski definition) is 1. The molecule has 0 spiro atoms. The molecule has 2 amide bonds. The number of para-hydroxylation sites is 1. The van der Waals surface area contributed by atoms with Gasteiger partial charge in [-0.3, -0.25) is 0 Å². The average Bonchev–Trinajstić information content (AvgIpc) is 2.96. The van der Waals surface area contributed by atoms with Gasteiger partial charge in [0, 0.05) is 30.7 Å². The number of fused-ring (bicyclic) bond motifs is 1. The Balaban J connectivity index is 1.84. The molecule has 116 valence electrons. The van der Waals surface area contributed by atoms with E-state index >= 15 is 0 Å². The first-order valence-corrected chi connectivity index (χ1v) is 7.86. The first-order valence-electron chi connectivity index (χ1n) is 7.86. The number of amides is 2. The van der Waals surface area contributed by atoms with Gasteiger partial charge in [0.1, 0.15) is 0 Å². The maximum absolute atomic E-state index is 12.8. The molecule has 1 aromatic heterocycles. The molecule has 0 fully saturated rings. The quantitative estimate of drug-likeness (QED) is 0.892. The SMILES string of the molecule is Cc1ccccc1NC(=O)N1CCn2cccc2C1C(C)C. The van der Waals surface area contributed by atoms with Crippen molar-refractivity contribution in [2.24, 2.45) is 5.92 Å². The van der Waals surface area contributed by atoms with Crippen LogP contribution in [0.5, 0.6) is 0 Å². The summed E-state index contributed by atoms with van der Waals surface area (Å²) in [5.74, 6) is 0.372. The molecule has 1 aliphatic rings. The number of aryl methyl sites for hydroxylation is 1. The zero-order valence-electron chi connectivity index (χ0n) is 13.4. The number of hydrogen-bond donors (Lipinski definition) is 1. The molecule has 3 rings (SSSR count). The molecule has 4 heteroatoms. The number of nitrogens with one attached hydrogen (secondary N) is 1. The van der Waals surface area contributed by atoms with Crippen LogP contribution in [0.2, 0.25) is 0 Å². The Morgan fingerprint density at radius 3 is 2.68 bits per heavy atom. The molecule has 4 nitrogen and oxygen atoms in total. The van der Waals surface area contributed by atoms with Crippen molar-refractivity contribution < 1.29 is 4.79 Å². The third kappa shape index (κ3) is 2.61. The van der Waals surface area contributed by atoms with E-state index in [0.29, 0.717) is 5.92 Å². The molecule has 0 saturated carbocycles. The van der Waals surface area contributed by atoms with Gasteiger partial charge in [-0.05, 0) is 36.6 Å². The highest BCUT2D eigenvalue weighted by molar-refractivity contribution is 5.90. The lowest BCUT2D eigenvalue weighted by molar-refractivity contribution is 0.144. The van der Waals surface area contributed by atoms with E-state index in [9.17, 15) is 4.79 Å². The van der Waals surface area contributed by atoms with E-state index in [1.807, 2.05) is 36.1 Å². The lowest BCUT2D eigenvalue weighted by Crippen LogP contribution is -2.45. The Morgan fingerprint density at radius 2 is 1.95 bits per heavy atom. The molecule has 1 N–H and O–H groups in total. The van der Waals surface area contributed by atoms with E-state index in [2.05, 4.69) is 42.1 Å². The predicted molar refractivity (Wildman–Crippen MR) is 88.9 cm³/mol. The van der Waals surface area contributed by atoms with Gasteiger partial charge in [-0.2, -0.15) is 0 Å². The molecule has 1 unspecified atom stereocenters. The van der Waals surface area contributed by atoms with E-state index in [0.717, 1.165) is 24.3 Å². The van der Waals surface area contributed by atoms with Crippen LogP contribution < -0.4 is 5.32 Å². The molecule has 1 aromatic carbocycles.